The van der Waals surface area contributed by atoms with Gasteiger partial charge in [0, 0.05) is 10.4 Å². The molecule has 0 aliphatic carbocycles. The lowest BCUT2D eigenvalue weighted by atomic mass is 10.0. The van der Waals surface area contributed by atoms with Crippen molar-refractivity contribution in [1.82, 2.24) is 9.97 Å². The van der Waals surface area contributed by atoms with Gasteiger partial charge in [-0.2, -0.15) is 0 Å². The van der Waals surface area contributed by atoms with Gasteiger partial charge in [0.1, 0.15) is 40.3 Å². The number of aliphatic hydroxyl groups is 1. The zero-order chi connectivity index (χ0) is 22.7. The Kier molecular flexibility index (Phi) is 6.29. The number of nitrogens with zero attached hydrogens (tertiary/aromatic N) is 2. The molecule has 0 aliphatic rings. The van der Waals surface area contributed by atoms with Crippen LogP contribution in [0, 0.1) is 5.82 Å². The Morgan fingerprint density at radius 1 is 1.19 bits per heavy atom. The molecule has 1 unspecified atom stereocenters. The Labute approximate surface area is 187 Å². The average molecular weight is 453 g/mol. The van der Waals surface area contributed by atoms with Gasteiger partial charge in [-0.15, -0.1) is 11.3 Å². The monoisotopic (exact) mass is 453 g/mol. The summed E-state index contributed by atoms with van der Waals surface area (Å²) < 4.78 is 19.1. The lowest BCUT2D eigenvalue weighted by Crippen LogP contribution is -2.33. The predicted molar refractivity (Wildman–Crippen MR) is 121 cm³/mol. The summed E-state index contributed by atoms with van der Waals surface area (Å²) in [6.45, 7) is 1.45. The van der Waals surface area contributed by atoms with E-state index in [4.69, 9.17) is 4.74 Å². The van der Waals surface area contributed by atoms with Gasteiger partial charge in [0.05, 0.1) is 12.0 Å². The van der Waals surface area contributed by atoms with Crippen LogP contribution < -0.4 is 10.1 Å². The number of ether oxygens (including phenoxy) is 1. The van der Waals surface area contributed by atoms with Crippen LogP contribution in [0.2, 0.25) is 0 Å². The number of anilines is 1. The fraction of sp³-hybridized carbons (Fsp3) is 0.174. The summed E-state index contributed by atoms with van der Waals surface area (Å²) >= 11 is 1.50. The summed E-state index contributed by atoms with van der Waals surface area (Å²) in [5.74, 6) is -0.104. The van der Waals surface area contributed by atoms with Crippen molar-refractivity contribution in [2.75, 3.05) is 11.9 Å². The van der Waals surface area contributed by atoms with Crippen LogP contribution in [0.3, 0.4) is 0 Å². The molecule has 0 saturated carbocycles. The molecule has 0 radical (unpaired) electrons. The minimum absolute atomic E-state index is 0.340. The molecule has 0 amide bonds. The van der Waals surface area contributed by atoms with E-state index in [0.717, 1.165) is 22.4 Å². The molecule has 0 fully saturated rings. The summed E-state index contributed by atoms with van der Waals surface area (Å²) in [6, 6.07) is 12.0. The first-order valence-electron chi connectivity index (χ1n) is 9.90. The van der Waals surface area contributed by atoms with Crippen LogP contribution >= 0.6 is 11.3 Å². The Morgan fingerprint density at radius 3 is 2.66 bits per heavy atom. The summed E-state index contributed by atoms with van der Waals surface area (Å²) in [7, 11) is 0. The third-order valence-corrected chi connectivity index (χ3v) is 6.09. The van der Waals surface area contributed by atoms with Crippen LogP contribution in [-0.4, -0.2) is 38.8 Å². The van der Waals surface area contributed by atoms with Gasteiger partial charge in [-0.1, -0.05) is 19.1 Å². The lowest BCUT2D eigenvalue weighted by molar-refractivity contribution is -0.138. The number of aliphatic carboxylic acids is 1. The number of thiophene rings is 1. The highest BCUT2D eigenvalue weighted by Gasteiger charge is 2.22. The molecule has 2 heterocycles. The molecule has 3 N–H and O–H groups in total. The highest BCUT2D eigenvalue weighted by Crippen LogP contribution is 2.42. The molecule has 7 nitrogen and oxygen atoms in total. The number of halogens is 1. The Bertz CT molecular complexity index is 1260. The quantitative estimate of drug-likeness (QED) is 0.355. The fourth-order valence-corrected chi connectivity index (χ4v) is 4.45. The number of nitrogens with one attached hydrogen (secondary N) is 1. The molecule has 0 bridgehead atoms. The van der Waals surface area contributed by atoms with E-state index in [-0.39, 0.29) is 5.82 Å². The molecular weight excluding hydrogens is 433 g/mol. The zero-order valence-electron chi connectivity index (χ0n) is 17.1. The molecule has 0 saturated heterocycles. The highest BCUT2D eigenvalue weighted by molar-refractivity contribution is 7.19. The van der Waals surface area contributed by atoms with Crippen LogP contribution in [0.4, 0.5) is 10.2 Å². The summed E-state index contributed by atoms with van der Waals surface area (Å²) in [6.07, 6.45) is 2.11. The molecular formula is C23H20FN3O4S. The van der Waals surface area contributed by atoms with Crippen molar-refractivity contribution in [3.63, 3.8) is 0 Å². The average Bonchev–Trinajstić information content (AvgIpc) is 3.18. The van der Waals surface area contributed by atoms with E-state index in [1.54, 1.807) is 18.2 Å². The zero-order valence-corrected chi connectivity index (χ0v) is 17.9. The Hall–Kier alpha value is -3.56. The van der Waals surface area contributed by atoms with E-state index in [9.17, 15) is 19.4 Å². The number of aliphatic hydroxyl groups excluding tert-OH is 1. The largest absolute Gasteiger partial charge is 0.480 e. The third-order valence-electron chi connectivity index (χ3n) is 4.85. The number of hydrogen-bond acceptors (Lipinski definition) is 7. The summed E-state index contributed by atoms with van der Waals surface area (Å²) in [5.41, 5.74) is 1.73. The number of hydrogen-bond donors (Lipinski definition) is 3. The van der Waals surface area contributed by atoms with Crippen molar-refractivity contribution in [2.45, 2.75) is 19.4 Å². The number of carboxylic acids is 1. The van der Waals surface area contributed by atoms with Crippen molar-refractivity contribution < 1.29 is 24.1 Å². The second-order valence-electron chi connectivity index (χ2n) is 6.96. The van der Waals surface area contributed by atoms with Gasteiger partial charge >= 0.3 is 5.97 Å². The molecule has 4 aromatic rings. The van der Waals surface area contributed by atoms with E-state index in [0.29, 0.717) is 27.5 Å². The van der Waals surface area contributed by atoms with Crippen molar-refractivity contribution >= 4 is 33.3 Å². The van der Waals surface area contributed by atoms with Crippen molar-refractivity contribution in [2.24, 2.45) is 0 Å². The van der Waals surface area contributed by atoms with Gasteiger partial charge in [0.2, 0.25) is 0 Å². The molecule has 2 aromatic carbocycles. The van der Waals surface area contributed by atoms with Crippen molar-refractivity contribution in [3.8, 4) is 22.6 Å². The van der Waals surface area contributed by atoms with Crippen LogP contribution in [0.1, 0.15) is 11.8 Å². The van der Waals surface area contributed by atoms with Crippen LogP contribution in [0.5, 0.6) is 11.5 Å². The summed E-state index contributed by atoms with van der Waals surface area (Å²) in [4.78, 5) is 21.8. The first-order valence-corrected chi connectivity index (χ1v) is 10.7. The normalized spacial score (nSPS) is 12.0. The molecule has 2 aromatic heterocycles. The second kappa shape index (κ2) is 9.29. The van der Waals surface area contributed by atoms with Crippen LogP contribution in [0.25, 0.3) is 21.3 Å². The molecule has 32 heavy (non-hydrogen) atoms. The van der Waals surface area contributed by atoms with Gasteiger partial charge in [-0.3, -0.25) is 0 Å². The van der Waals surface area contributed by atoms with E-state index < -0.39 is 18.6 Å². The molecule has 1 atom stereocenters. The number of aryl methyl sites for hydroxylation is 1. The minimum Gasteiger partial charge on any atom is -0.480 e. The molecule has 9 heteroatoms. The van der Waals surface area contributed by atoms with Crippen LogP contribution in [-0.2, 0) is 11.2 Å². The summed E-state index contributed by atoms with van der Waals surface area (Å²) in [5, 5.41) is 22.3. The van der Waals surface area contributed by atoms with Gasteiger partial charge in [0.15, 0.2) is 0 Å². The highest BCUT2D eigenvalue weighted by atomic mass is 32.1. The third kappa shape index (κ3) is 4.39. The number of fused-ring (bicyclic) bond motifs is 1. The maximum atomic E-state index is 13.2. The topological polar surface area (TPSA) is 105 Å². The molecule has 4 rings (SSSR count). The molecule has 164 valence electrons. The van der Waals surface area contributed by atoms with E-state index >= 15 is 0 Å². The molecule has 0 spiro atoms. The van der Waals surface area contributed by atoms with Gasteiger partial charge in [0.25, 0.3) is 0 Å². The number of benzene rings is 2. The number of carboxylic acid groups (broad SMARTS) is 1. The number of carbonyl (C=O) groups is 1. The maximum absolute atomic E-state index is 13.2. The lowest BCUT2D eigenvalue weighted by Gasteiger charge is -2.14. The van der Waals surface area contributed by atoms with Crippen LogP contribution in [0.15, 0.2) is 54.9 Å². The fourth-order valence-electron chi connectivity index (χ4n) is 3.35. The van der Waals surface area contributed by atoms with Gasteiger partial charge in [-0.05, 0) is 48.4 Å². The minimum atomic E-state index is -1.20. The SMILES string of the molecule is CCc1sc2ncnc(NC(CO)C(=O)O)c2c1-c1cccc(Oc2ccc(F)cc2)c1. The Balaban J connectivity index is 1.79. The van der Waals surface area contributed by atoms with Crippen molar-refractivity contribution in [3.05, 3.63) is 65.6 Å². The first-order chi connectivity index (χ1) is 15.5. The van der Waals surface area contributed by atoms with E-state index in [1.807, 2.05) is 25.1 Å². The van der Waals surface area contributed by atoms with Crippen molar-refractivity contribution in [1.29, 1.82) is 0 Å². The first kappa shape index (κ1) is 21.7. The van der Waals surface area contributed by atoms with Gasteiger partial charge in [-0.25, -0.2) is 19.2 Å². The smallest absolute Gasteiger partial charge is 0.328 e. The second-order valence-corrected chi connectivity index (χ2v) is 8.04. The van der Waals surface area contributed by atoms with E-state index in [1.165, 1.54) is 29.8 Å². The standard InChI is InChI=1S/C23H20FN3O4S/c1-2-18-19(13-4-3-5-16(10-13)31-15-8-6-14(24)7-9-15)20-21(25-12-26-22(20)32-18)27-17(11-28)23(29)30/h3-10,12,17,28H,2,11H2,1H3,(H,29,30)(H,25,26,27). The number of rotatable bonds is 8. The van der Waals surface area contributed by atoms with Gasteiger partial charge < -0.3 is 20.3 Å². The maximum Gasteiger partial charge on any atom is 0.328 e. The number of aromatic nitrogens is 2. The van der Waals surface area contributed by atoms with E-state index in [2.05, 4.69) is 15.3 Å². The Morgan fingerprint density at radius 2 is 1.97 bits per heavy atom. The predicted octanol–water partition coefficient (Wildman–Crippen LogP) is 4.71. The molecule has 0 aliphatic heterocycles.